The van der Waals surface area contributed by atoms with E-state index >= 15 is 0 Å². The second-order valence-electron chi connectivity index (χ2n) is 5.95. The molecule has 0 bridgehead atoms. The first-order valence-electron chi connectivity index (χ1n) is 8.09. The van der Waals surface area contributed by atoms with Crippen LogP contribution in [-0.2, 0) is 6.54 Å². The van der Waals surface area contributed by atoms with Gasteiger partial charge in [0.15, 0.2) is 0 Å². The highest BCUT2D eigenvalue weighted by Crippen LogP contribution is 2.15. The molecule has 0 unspecified atom stereocenters. The molecule has 1 heterocycles. The second-order valence-corrected chi connectivity index (χ2v) is 5.95. The van der Waals surface area contributed by atoms with Gasteiger partial charge in [-0.25, -0.2) is 9.97 Å². The Labute approximate surface area is 147 Å². The summed E-state index contributed by atoms with van der Waals surface area (Å²) < 4.78 is 0. The van der Waals surface area contributed by atoms with Crippen LogP contribution in [0.2, 0.25) is 0 Å². The summed E-state index contributed by atoms with van der Waals surface area (Å²) in [6, 6.07) is 17.6. The highest BCUT2D eigenvalue weighted by Gasteiger charge is 2.09. The van der Waals surface area contributed by atoms with Crippen molar-refractivity contribution in [2.24, 2.45) is 0 Å². The van der Waals surface area contributed by atoms with Crippen molar-refractivity contribution < 1.29 is 4.79 Å². The third kappa shape index (κ3) is 4.64. The molecule has 0 saturated carbocycles. The van der Waals surface area contributed by atoms with Crippen molar-refractivity contribution in [3.63, 3.8) is 0 Å². The van der Waals surface area contributed by atoms with Crippen LogP contribution in [0, 0.1) is 13.8 Å². The van der Waals surface area contributed by atoms with Gasteiger partial charge in [-0.15, -0.1) is 0 Å². The average Bonchev–Trinajstić information content (AvgIpc) is 2.62. The number of hydrogen-bond acceptors (Lipinski definition) is 4. The molecule has 5 heteroatoms. The molecular formula is C20H20N4O. The molecule has 1 aromatic heterocycles. The summed E-state index contributed by atoms with van der Waals surface area (Å²) in [5, 5.41) is 6.06. The monoisotopic (exact) mass is 332 g/mol. The Kier molecular flexibility index (Phi) is 5.04. The molecule has 0 saturated heterocycles. The number of rotatable bonds is 5. The lowest BCUT2D eigenvalue weighted by Gasteiger charge is -2.08. The molecule has 126 valence electrons. The van der Waals surface area contributed by atoms with Crippen LogP contribution in [0.15, 0.2) is 60.9 Å². The molecule has 0 atom stereocenters. The largest absolute Gasteiger partial charge is 0.347 e. The molecule has 2 aromatic carbocycles. The number of carbonyl (C=O) groups excluding carboxylic acids is 1. The minimum absolute atomic E-state index is 0.226. The summed E-state index contributed by atoms with van der Waals surface area (Å²) in [7, 11) is 0. The first kappa shape index (κ1) is 16.6. The molecule has 0 spiro atoms. The fourth-order valence-corrected chi connectivity index (χ4v) is 2.43. The Morgan fingerprint density at radius 1 is 0.960 bits per heavy atom. The summed E-state index contributed by atoms with van der Waals surface area (Å²) >= 11 is 0. The van der Waals surface area contributed by atoms with E-state index in [9.17, 15) is 4.79 Å². The van der Waals surface area contributed by atoms with Gasteiger partial charge in [0.1, 0.15) is 17.8 Å². The van der Waals surface area contributed by atoms with E-state index in [1.54, 1.807) is 6.07 Å². The van der Waals surface area contributed by atoms with Gasteiger partial charge in [0, 0.05) is 18.3 Å². The van der Waals surface area contributed by atoms with Crippen molar-refractivity contribution in [2.75, 3.05) is 5.32 Å². The molecule has 0 aliphatic carbocycles. The molecule has 0 fully saturated rings. The normalized spacial score (nSPS) is 10.3. The molecule has 0 aliphatic heterocycles. The van der Waals surface area contributed by atoms with Crippen LogP contribution in [0.1, 0.15) is 27.2 Å². The lowest BCUT2D eigenvalue weighted by Crippen LogP contribution is -2.24. The zero-order valence-corrected chi connectivity index (χ0v) is 14.3. The first-order chi connectivity index (χ1) is 12.1. The van der Waals surface area contributed by atoms with Gasteiger partial charge in [0.25, 0.3) is 5.91 Å². The fraction of sp³-hybridized carbons (Fsp3) is 0.150. The number of amides is 1. The van der Waals surface area contributed by atoms with E-state index in [1.807, 2.05) is 62.4 Å². The van der Waals surface area contributed by atoms with Gasteiger partial charge in [-0.2, -0.15) is 0 Å². The summed E-state index contributed by atoms with van der Waals surface area (Å²) in [5.74, 6) is 0.357. The van der Waals surface area contributed by atoms with E-state index in [0.717, 1.165) is 11.3 Å². The van der Waals surface area contributed by atoms with Crippen molar-refractivity contribution in [3.8, 4) is 0 Å². The summed E-state index contributed by atoms with van der Waals surface area (Å²) in [6.45, 7) is 4.52. The molecule has 5 nitrogen and oxygen atoms in total. The van der Waals surface area contributed by atoms with Crippen LogP contribution in [0.25, 0.3) is 0 Å². The van der Waals surface area contributed by atoms with Crippen molar-refractivity contribution in [1.82, 2.24) is 15.3 Å². The molecule has 3 rings (SSSR count). The Morgan fingerprint density at radius 3 is 2.52 bits per heavy atom. The average molecular weight is 332 g/mol. The zero-order valence-electron chi connectivity index (χ0n) is 14.3. The quantitative estimate of drug-likeness (QED) is 0.746. The smallest absolute Gasteiger partial charge is 0.270 e. The van der Waals surface area contributed by atoms with Gasteiger partial charge >= 0.3 is 0 Å². The van der Waals surface area contributed by atoms with E-state index in [0.29, 0.717) is 18.1 Å². The first-order valence-corrected chi connectivity index (χ1v) is 8.09. The van der Waals surface area contributed by atoms with Crippen molar-refractivity contribution in [3.05, 3.63) is 83.3 Å². The van der Waals surface area contributed by atoms with Crippen molar-refractivity contribution in [2.45, 2.75) is 20.4 Å². The highest BCUT2D eigenvalue weighted by atomic mass is 16.1. The van der Waals surface area contributed by atoms with Crippen LogP contribution in [0.4, 0.5) is 11.5 Å². The van der Waals surface area contributed by atoms with Gasteiger partial charge in [0.05, 0.1) is 0 Å². The number of nitrogens with one attached hydrogen (secondary N) is 2. The lowest BCUT2D eigenvalue weighted by molar-refractivity contribution is 0.0946. The molecule has 0 aliphatic rings. The topological polar surface area (TPSA) is 66.9 Å². The van der Waals surface area contributed by atoms with Crippen LogP contribution >= 0.6 is 0 Å². The lowest BCUT2D eigenvalue weighted by atomic mass is 10.1. The van der Waals surface area contributed by atoms with Crippen molar-refractivity contribution in [1.29, 1.82) is 0 Å². The number of hydrogen-bond donors (Lipinski definition) is 2. The summed E-state index contributed by atoms with van der Waals surface area (Å²) in [6.07, 6.45) is 1.39. The fourth-order valence-electron chi connectivity index (χ4n) is 2.43. The molecule has 25 heavy (non-hydrogen) atoms. The maximum Gasteiger partial charge on any atom is 0.270 e. The maximum atomic E-state index is 12.3. The molecule has 2 N–H and O–H groups in total. The number of nitrogens with zero attached hydrogens (tertiary/aromatic N) is 2. The van der Waals surface area contributed by atoms with E-state index in [2.05, 4.69) is 20.6 Å². The van der Waals surface area contributed by atoms with Gasteiger partial charge in [-0.05, 0) is 31.5 Å². The number of carbonyl (C=O) groups is 1. The molecule has 1 amide bonds. The summed E-state index contributed by atoms with van der Waals surface area (Å²) in [4.78, 5) is 20.6. The van der Waals surface area contributed by atoms with Crippen molar-refractivity contribution >= 4 is 17.4 Å². The summed E-state index contributed by atoms with van der Waals surface area (Å²) in [5.41, 5.74) is 4.65. The predicted octanol–water partition coefficient (Wildman–Crippen LogP) is 3.77. The van der Waals surface area contributed by atoms with Crippen LogP contribution in [-0.4, -0.2) is 15.9 Å². The third-order valence-corrected chi connectivity index (χ3v) is 3.76. The highest BCUT2D eigenvalue weighted by molar-refractivity contribution is 5.92. The number of benzene rings is 2. The Bertz CT molecular complexity index is 875. The third-order valence-electron chi connectivity index (χ3n) is 3.76. The predicted molar refractivity (Wildman–Crippen MR) is 98.8 cm³/mol. The van der Waals surface area contributed by atoms with Gasteiger partial charge in [0.2, 0.25) is 0 Å². The molecule has 3 aromatic rings. The van der Waals surface area contributed by atoms with E-state index < -0.39 is 0 Å². The van der Waals surface area contributed by atoms with Gasteiger partial charge in [-0.1, -0.05) is 47.5 Å². The van der Waals surface area contributed by atoms with Crippen LogP contribution in [0.3, 0.4) is 0 Å². The van der Waals surface area contributed by atoms with Crippen LogP contribution in [0.5, 0.6) is 0 Å². The van der Waals surface area contributed by atoms with E-state index in [4.69, 9.17) is 0 Å². The number of aryl methyl sites for hydroxylation is 2. The van der Waals surface area contributed by atoms with E-state index in [1.165, 1.54) is 17.5 Å². The van der Waals surface area contributed by atoms with Crippen LogP contribution < -0.4 is 10.6 Å². The van der Waals surface area contributed by atoms with E-state index in [-0.39, 0.29) is 5.91 Å². The Morgan fingerprint density at radius 2 is 1.76 bits per heavy atom. The zero-order chi connectivity index (χ0) is 17.6. The number of aromatic nitrogens is 2. The van der Waals surface area contributed by atoms with Gasteiger partial charge < -0.3 is 10.6 Å². The maximum absolute atomic E-state index is 12.3. The SMILES string of the molecule is Cc1ccc(Nc2cc(C(=O)NCc3cccc(C)c3)ncn2)cc1. The second kappa shape index (κ2) is 7.57. The van der Waals surface area contributed by atoms with Gasteiger partial charge in [-0.3, -0.25) is 4.79 Å². The Balaban J connectivity index is 1.65. The Hall–Kier alpha value is -3.21. The minimum Gasteiger partial charge on any atom is -0.347 e. The molecular weight excluding hydrogens is 312 g/mol. The molecule has 0 radical (unpaired) electrons. The minimum atomic E-state index is -0.226. The number of anilines is 2. The standard InChI is InChI=1S/C20H20N4O/c1-14-6-8-17(9-7-14)24-19-11-18(22-13-23-19)20(25)21-12-16-5-3-4-15(2)10-16/h3-11,13H,12H2,1-2H3,(H,21,25)(H,22,23,24).